The number of benzene rings is 1. The summed E-state index contributed by atoms with van der Waals surface area (Å²) >= 11 is 3.09. The molecule has 1 atom stereocenters. The van der Waals surface area contributed by atoms with E-state index in [1.54, 1.807) is 6.07 Å². The molecule has 0 bridgehead atoms. The molecule has 5 heteroatoms. The summed E-state index contributed by atoms with van der Waals surface area (Å²) in [6, 6.07) is 5.42. The highest BCUT2D eigenvalue weighted by atomic mass is 79.9. The molecule has 1 aromatic carbocycles. The molecule has 0 aliphatic heterocycles. The van der Waals surface area contributed by atoms with Crippen LogP contribution in [0.1, 0.15) is 17.3 Å². The lowest BCUT2D eigenvalue weighted by Crippen LogP contribution is -2.13. The number of nitrogens with zero attached hydrogens (tertiary/aromatic N) is 1. The average molecular weight is 272 g/mol. The third kappa shape index (κ3) is 3.03. The van der Waals surface area contributed by atoms with Gasteiger partial charge in [0.25, 0.3) is 0 Å². The number of hydrogen-bond acceptors (Lipinski definition) is 3. The van der Waals surface area contributed by atoms with Crippen LogP contribution in [-0.2, 0) is 4.74 Å². The van der Waals surface area contributed by atoms with Crippen LogP contribution in [0.5, 0.6) is 0 Å². The van der Waals surface area contributed by atoms with Gasteiger partial charge in [-0.2, -0.15) is 5.26 Å². The second kappa shape index (κ2) is 4.89. The lowest BCUT2D eigenvalue weighted by molar-refractivity contribution is 0.0434. The van der Waals surface area contributed by atoms with Crippen molar-refractivity contribution in [2.45, 2.75) is 13.0 Å². The first-order chi connectivity index (χ1) is 7.04. The van der Waals surface area contributed by atoms with Crippen molar-refractivity contribution >= 4 is 21.9 Å². The summed E-state index contributed by atoms with van der Waals surface area (Å²) < 4.78 is 18.0. The van der Waals surface area contributed by atoms with E-state index in [1.807, 2.05) is 0 Å². The van der Waals surface area contributed by atoms with Gasteiger partial charge < -0.3 is 4.74 Å². The zero-order chi connectivity index (χ0) is 11.4. The van der Waals surface area contributed by atoms with Gasteiger partial charge in [0.1, 0.15) is 11.9 Å². The fraction of sp³-hybridized carbons (Fsp3) is 0.200. The molecule has 1 rings (SSSR count). The number of ether oxygens (including phenoxy) is 1. The molecule has 0 heterocycles. The molecule has 78 valence electrons. The highest BCUT2D eigenvalue weighted by Gasteiger charge is 2.15. The Morgan fingerprint density at radius 1 is 1.67 bits per heavy atom. The van der Waals surface area contributed by atoms with Crippen LogP contribution in [0.3, 0.4) is 0 Å². The van der Waals surface area contributed by atoms with Gasteiger partial charge in [0.05, 0.1) is 5.56 Å². The summed E-state index contributed by atoms with van der Waals surface area (Å²) in [4.78, 5) is 11.4. The Kier molecular flexibility index (Phi) is 3.81. The van der Waals surface area contributed by atoms with Gasteiger partial charge in [0.15, 0.2) is 6.10 Å². The van der Waals surface area contributed by atoms with Crippen molar-refractivity contribution in [2.24, 2.45) is 0 Å². The lowest BCUT2D eigenvalue weighted by atomic mass is 10.2. The molecular weight excluding hydrogens is 265 g/mol. The maximum atomic E-state index is 12.8. The number of carbonyl (C=O) groups excluding carboxylic acids is 1. The van der Waals surface area contributed by atoms with Crippen molar-refractivity contribution in [1.29, 1.82) is 5.26 Å². The van der Waals surface area contributed by atoms with E-state index in [2.05, 4.69) is 15.9 Å². The minimum Gasteiger partial charge on any atom is -0.444 e. The zero-order valence-corrected chi connectivity index (χ0v) is 9.42. The molecular formula is C10H7BrFNO2. The molecule has 0 radical (unpaired) electrons. The lowest BCUT2D eigenvalue weighted by Gasteiger charge is -2.07. The Labute approximate surface area is 94.6 Å². The Bertz CT molecular complexity index is 428. The molecule has 0 saturated carbocycles. The number of nitriles is 1. The molecule has 0 aromatic heterocycles. The monoisotopic (exact) mass is 271 g/mol. The molecule has 0 aliphatic carbocycles. The van der Waals surface area contributed by atoms with Gasteiger partial charge in [-0.25, -0.2) is 9.18 Å². The maximum Gasteiger partial charge on any atom is 0.340 e. The summed E-state index contributed by atoms with van der Waals surface area (Å²) in [7, 11) is 0. The molecule has 0 N–H and O–H groups in total. The van der Waals surface area contributed by atoms with Crippen LogP contribution < -0.4 is 0 Å². The molecule has 3 nitrogen and oxygen atoms in total. The van der Waals surface area contributed by atoms with Crippen molar-refractivity contribution in [1.82, 2.24) is 0 Å². The van der Waals surface area contributed by atoms with E-state index in [0.29, 0.717) is 4.47 Å². The highest BCUT2D eigenvalue weighted by molar-refractivity contribution is 9.10. The molecule has 0 aliphatic rings. The molecule has 0 fully saturated rings. The van der Waals surface area contributed by atoms with Crippen molar-refractivity contribution in [3.63, 3.8) is 0 Å². The summed E-state index contributed by atoms with van der Waals surface area (Å²) in [6.45, 7) is 1.44. The van der Waals surface area contributed by atoms with Crippen LogP contribution in [0.2, 0.25) is 0 Å². The molecule has 15 heavy (non-hydrogen) atoms. The van der Waals surface area contributed by atoms with Crippen LogP contribution >= 0.6 is 15.9 Å². The van der Waals surface area contributed by atoms with Gasteiger partial charge in [0, 0.05) is 4.47 Å². The smallest absolute Gasteiger partial charge is 0.340 e. The number of esters is 1. The number of carbonyl (C=O) groups is 1. The van der Waals surface area contributed by atoms with Crippen molar-refractivity contribution in [2.75, 3.05) is 0 Å². The quantitative estimate of drug-likeness (QED) is 0.777. The van der Waals surface area contributed by atoms with E-state index in [0.717, 1.165) is 6.07 Å². The average Bonchev–Trinajstić information content (AvgIpc) is 2.21. The van der Waals surface area contributed by atoms with Crippen LogP contribution in [0, 0.1) is 17.1 Å². The molecule has 1 unspecified atom stereocenters. The van der Waals surface area contributed by atoms with E-state index in [4.69, 9.17) is 10.00 Å². The number of hydrogen-bond donors (Lipinski definition) is 0. The van der Waals surface area contributed by atoms with E-state index in [9.17, 15) is 9.18 Å². The summed E-state index contributed by atoms with van der Waals surface area (Å²) in [6.07, 6.45) is -0.854. The van der Waals surface area contributed by atoms with E-state index in [-0.39, 0.29) is 5.56 Å². The Morgan fingerprint density at radius 3 is 2.93 bits per heavy atom. The van der Waals surface area contributed by atoms with Gasteiger partial charge >= 0.3 is 5.97 Å². The largest absolute Gasteiger partial charge is 0.444 e. The minimum absolute atomic E-state index is 0.0668. The van der Waals surface area contributed by atoms with Gasteiger partial charge in [0.2, 0.25) is 0 Å². The van der Waals surface area contributed by atoms with Crippen LogP contribution in [-0.4, -0.2) is 12.1 Å². The second-order valence-corrected chi connectivity index (χ2v) is 3.66. The SMILES string of the molecule is CC(C#N)OC(=O)c1cc(F)ccc1Br. The summed E-state index contributed by atoms with van der Waals surface area (Å²) in [5.74, 6) is -1.26. The first kappa shape index (κ1) is 11.7. The van der Waals surface area contributed by atoms with Crippen molar-refractivity contribution < 1.29 is 13.9 Å². The van der Waals surface area contributed by atoms with Crippen molar-refractivity contribution in [3.8, 4) is 6.07 Å². The highest BCUT2D eigenvalue weighted by Crippen LogP contribution is 2.19. The van der Waals surface area contributed by atoms with Crippen molar-refractivity contribution in [3.05, 3.63) is 34.1 Å². The Balaban J connectivity index is 2.92. The Hall–Kier alpha value is -1.41. The van der Waals surface area contributed by atoms with Crippen LogP contribution in [0.25, 0.3) is 0 Å². The third-order valence-corrected chi connectivity index (χ3v) is 2.31. The minimum atomic E-state index is -0.854. The molecule has 1 aromatic rings. The van der Waals surface area contributed by atoms with E-state index < -0.39 is 17.9 Å². The summed E-state index contributed by atoms with van der Waals surface area (Å²) in [5, 5.41) is 8.44. The predicted molar refractivity (Wildman–Crippen MR) is 54.6 cm³/mol. The Morgan fingerprint density at radius 2 is 2.33 bits per heavy atom. The zero-order valence-electron chi connectivity index (χ0n) is 7.83. The van der Waals surface area contributed by atoms with Crippen LogP contribution in [0.4, 0.5) is 4.39 Å². The first-order valence-electron chi connectivity index (χ1n) is 4.10. The van der Waals surface area contributed by atoms with E-state index in [1.165, 1.54) is 19.1 Å². The second-order valence-electron chi connectivity index (χ2n) is 2.80. The third-order valence-electron chi connectivity index (χ3n) is 1.61. The number of halogens is 2. The standard InChI is InChI=1S/C10H7BrFNO2/c1-6(5-13)15-10(14)8-4-7(12)2-3-9(8)11/h2-4,6H,1H3. The summed E-state index contributed by atoms with van der Waals surface area (Å²) in [5.41, 5.74) is 0.0668. The topological polar surface area (TPSA) is 50.1 Å². The number of rotatable bonds is 2. The van der Waals surface area contributed by atoms with Gasteiger partial charge in [-0.05, 0) is 41.1 Å². The van der Waals surface area contributed by atoms with Gasteiger partial charge in [-0.1, -0.05) is 0 Å². The first-order valence-corrected chi connectivity index (χ1v) is 4.89. The molecule has 0 spiro atoms. The van der Waals surface area contributed by atoms with Crippen LogP contribution in [0.15, 0.2) is 22.7 Å². The van der Waals surface area contributed by atoms with Gasteiger partial charge in [-0.15, -0.1) is 0 Å². The fourth-order valence-electron chi connectivity index (χ4n) is 0.904. The fourth-order valence-corrected chi connectivity index (χ4v) is 1.31. The molecule has 0 saturated heterocycles. The van der Waals surface area contributed by atoms with Gasteiger partial charge in [-0.3, -0.25) is 0 Å². The van der Waals surface area contributed by atoms with E-state index >= 15 is 0 Å². The predicted octanol–water partition coefficient (Wildman–Crippen LogP) is 2.66. The molecule has 0 amide bonds. The maximum absolute atomic E-state index is 12.8. The normalized spacial score (nSPS) is 11.6.